The van der Waals surface area contributed by atoms with E-state index in [1.165, 1.54) is 4.90 Å². The van der Waals surface area contributed by atoms with Crippen molar-refractivity contribution in [2.75, 3.05) is 10.2 Å². The predicted molar refractivity (Wildman–Crippen MR) is 85.5 cm³/mol. The summed E-state index contributed by atoms with van der Waals surface area (Å²) in [4.78, 5) is 25.8. The number of aryl methyl sites for hydroxylation is 1. The van der Waals surface area contributed by atoms with Crippen LogP contribution in [0.5, 0.6) is 0 Å². The molecule has 1 atom stereocenters. The van der Waals surface area contributed by atoms with Gasteiger partial charge >= 0.3 is 0 Å². The Balaban J connectivity index is 1.80. The third-order valence-electron chi connectivity index (χ3n) is 3.21. The Morgan fingerprint density at radius 2 is 1.67 bits per heavy atom. The highest BCUT2D eigenvalue weighted by Crippen LogP contribution is 2.32. The van der Waals surface area contributed by atoms with Gasteiger partial charge in [0.05, 0.1) is 5.69 Å². The first-order chi connectivity index (χ1) is 10.1. The van der Waals surface area contributed by atoms with Gasteiger partial charge in [0.25, 0.3) is 11.1 Å². The third-order valence-corrected chi connectivity index (χ3v) is 4.15. The number of hydrogen-bond acceptors (Lipinski definition) is 4. The van der Waals surface area contributed by atoms with Crippen LogP contribution in [0.3, 0.4) is 0 Å². The lowest BCUT2D eigenvalue weighted by Crippen LogP contribution is -2.34. The maximum absolute atomic E-state index is 12.4. The summed E-state index contributed by atoms with van der Waals surface area (Å²) in [5, 5.41) is 2.25. The molecule has 2 aromatic rings. The number of rotatable bonds is 3. The van der Waals surface area contributed by atoms with E-state index in [1.54, 1.807) is 12.1 Å². The molecule has 2 aromatic carbocycles. The van der Waals surface area contributed by atoms with Gasteiger partial charge in [-0.1, -0.05) is 35.9 Å². The van der Waals surface area contributed by atoms with Gasteiger partial charge < -0.3 is 5.32 Å². The Hall–Kier alpha value is -2.27. The molecule has 1 aliphatic heterocycles. The van der Waals surface area contributed by atoms with Gasteiger partial charge in [0.2, 0.25) is 0 Å². The van der Waals surface area contributed by atoms with Gasteiger partial charge in [0.15, 0.2) is 5.37 Å². The summed E-state index contributed by atoms with van der Waals surface area (Å²) < 4.78 is 0. The number of benzene rings is 2. The van der Waals surface area contributed by atoms with E-state index in [2.05, 4.69) is 5.32 Å². The number of nitrogens with zero attached hydrogens (tertiary/aromatic N) is 1. The Bertz CT molecular complexity index is 670. The van der Waals surface area contributed by atoms with Crippen LogP contribution in [-0.2, 0) is 4.79 Å². The van der Waals surface area contributed by atoms with Crippen molar-refractivity contribution in [3.05, 3.63) is 60.2 Å². The number of anilines is 2. The highest BCUT2D eigenvalue weighted by atomic mass is 32.2. The molecule has 0 radical (unpaired) electrons. The average molecular weight is 298 g/mol. The summed E-state index contributed by atoms with van der Waals surface area (Å²) >= 11 is 1.00. The maximum atomic E-state index is 12.4. The number of carbonyl (C=O) groups is 2. The molecule has 2 amide bonds. The molecule has 21 heavy (non-hydrogen) atoms. The van der Waals surface area contributed by atoms with Gasteiger partial charge in [-0.05, 0) is 43.0 Å². The minimum Gasteiger partial charge on any atom is -0.365 e. The molecule has 1 heterocycles. The van der Waals surface area contributed by atoms with E-state index in [0.29, 0.717) is 5.69 Å². The summed E-state index contributed by atoms with van der Waals surface area (Å²) in [6, 6.07) is 16.8. The fourth-order valence-corrected chi connectivity index (χ4v) is 3.02. The van der Waals surface area contributed by atoms with E-state index in [9.17, 15) is 9.59 Å². The summed E-state index contributed by atoms with van der Waals surface area (Å²) in [7, 11) is 0. The number of amides is 2. The van der Waals surface area contributed by atoms with Gasteiger partial charge in [0.1, 0.15) is 0 Å². The second kappa shape index (κ2) is 5.61. The van der Waals surface area contributed by atoms with E-state index in [0.717, 1.165) is 23.0 Å². The quantitative estimate of drug-likeness (QED) is 0.940. The zero-order valence-electron chi connectivity index (χ0n) is 11.4. The Kier molecular flexibility index (Phi) is 3.66. The highest BCUT2D eigenvalue weighted by molar-refractivity contribution is 8.16. The molecule has 0 spiro atoms. The molecule has 1 aliphatic rings. The van der Waals surface area contributed by atoms with Crippen molar-refractivity contribution in [3.63, 3.8) is 0 Å². The second-order valence-corrected chi connectivity index (χ2v) is 5.84. The Morgan fingerprint density at radius 1 is 1.00 bits per heavy atom. The lowest BCUT2D eigenvalue weighted by atomic mass is 10.2. The molecule has 1 N–H and O–H groups in total. The first-order valence-electron chi connectivity index (χ1n) is 6.58. The Labute approximate surface area is 127 Å². The summed E-state index contributed by atoms with van der Waals surface area (Å²) in [5.74, 6) is -0.238. The molecule has 1 fully saturated rings. The van der Waals surface area contributed by atoms with Crippen LogP contribution in [0.2, 0.25) is 0 Å². The normalized spacial score (nSPS) is 18.1. The van der Waals surface area contributed by atoms with Crippen molar-refractivity contribution in [3.8, 4) is 0 Å². The van der Waals surface area contributed by atoms with Crippen molar-refractivity contribution in [2.45, 2.75) is 12.3 Å². The van der Waals surface area contributed by atoms with Crippen molar-refractivity contribution in [1.29, 1.82) is 0 Å². The van der Waals surface area contributed by atoms with Crippen molar-refractivity contribution in [2.24, 2.45) is 0 Å². The fraction of sp³-hybridized carbons (Fsp3) is 0.125. The monoisotopic (exact) mass is 298 g/mol. The molecule has 0 aliphatic carbocycles. The number of nitrogens with one attached hydrogen (secondary N) is 1. The zero-order valence-corrected chi connectivity index (χ0v) is 12.3. The lowest BCUT2D eigenvalue weighted by Gasteiger charge is -2.15. The van der Waals surface area contributed by atoms with Gasteiger partial charge in [-0.2, -0.15) is 0 Å². The summed E-state index contributed by atoms with van der Waals surface area (Å²) in [6.45, 7) is 1.96. The number of carbonyl (C=O) groups excluding carboxylic acids is 2. The van der Waals surface area contributed by atoms with Crippen LogP contribution in [0, 0.1) is 6.92 Å². The lowest BCUT2D eigenvalue weighted by molar-refractivity contribution is -0.116. The van der Waals surface area contributed by atoms with Crippen LogP contribution in [0.15, 0.2) is 54.6 Å². The third kappa shape index (κ3) is 2.78. The van der Waals surface area contributed by atoms with Crippen LogP contribution in [-0.4, -0.2) is 16.5 Å². The molecular weight excluding hydrogens is 284 g/mol. The van der Waals surface area contributed by atoms with E-state index < -0.39 is 5.37 Å². The van der Waals surface area contributed by atoms with Crippen LogP contribution in [0.25, 0.3) is 0 Å². The molecule has 0 saturated carbocycles. The topological polar surface area (TPSA) is 49.4 Å². The largest absolute Gasteiger partial charge is 0.365 e. The second-order valence-electron chi connectivity index (χ2n) is 4.78. The van der Waals surface area contributed by atoms with Gasteiger partial charge in [-0.25, -0.2) is 4.90 Å². The van der Waals surface area contributed by atoms with Gasteiger partial charge in [-0.3, -0.25) is 9.59 Å². The first kappa shape index (κ1) is 13.7. The maximum Gasteiger partial charge on any atom is 0.295 e. The van der Waals surface area contributed by atoms with Crippen LogP contribution in [0.1, 0.15) is 5.56 Å². The SMILES string of the molecule is Cc1ccc(N2C(=O)S[C@H](Nc3ccccc3)C2=O)cc1. The van der Waals surface area contributed by atoms with Gasteiger partial charge in [-0.15, -0.1) is 0 Å². The smallest absolute Gasteiger partial charge is 0.295 e. The van der Waals surface area contributed by atoms with Crippen LogP contribution < -0.4 is 10.2 Å². The van der Waals surface area contributed by atoms with E-state index >= 15 is 0 Å². The molecule has 5 heteroatoms. The molecule has 4 nitrogen and oxygen atoms in total. The zero-order chi connectivity index (χ0) is 14.8. The minimum absolute atomic E-state index is 0.238. The van der Waals surface area contributed by atoms with Crippen molar-refractivity contribution in [1.82, 2.24) is 0 Å². The van der Waals surface area contributed by atoms with E-state index in [1.807, 2.05) is 49.4 Å². The van der Waals surface area contributed by atoms with Crippen molar-refractivity contribution < 1.29 is 9.59 Å². The summed E-state index contributed by atoms with van der Waals surface area (Å²) in [5.41, 5.74) is 2.52. The molecule has 3 rings (SSSR count). The number of hydrogen-bond donors (Lipinski definition) is 1. The fourth-order valence-electron chi connectivity index (χ4n) is 2.11. The van der Waals surface area contributed by atoms with Crippen molar-refractivity contribution >= 4 is 34.3 Å². The highest BCUT2D eigenvalue weighted by Gasteiger charge is 2.40. The Morgan fingerprint density at radius 3 is 2.33 bits per heavy atom. The first-order valence-corrected chi connectivity index (χ1v) is 7.46. The van der Waals surface area contributed by atoms with Crippen LogP contribution in [0.4, 0.5) is 16.2 Å². The molecule has 1 saturated heterocycles. The molecular formula is C16H14N2O2S. The average Bonchev–Trinajstić information content (AvgIpc) is 2.76. The number of para-hydroxylation sites is 1. The minimum atomic E-state index is -0.582. The molecule has 0 unspecified atom stereocenters. The molecule has 0 bridgehead atoms. The number of imide groups is 1. The predicted octanol–water partition coefficient (Wildman–Crippen LogP) is 3.63. The molecule has 106 valence electrons. The van der Waals surface area contributed by atoms with Gasteiger partial charge in [0, 0.05) is 5.69 Å². The van der Waals surface area contributed by atoms with Crippen LogP contribution >= 0.6 is 11.8 Å². The van der Waals surface area contributed by atoms with E-state index in [-0.39, 0.29) is 11.1 Å². The standard InChI is InChI=1S/C16H14N2O2S/c1-11-7-9-13(10-8-11)18-15(19)14(21-16(18)20)17-12-5-3-2-4-6-12/h2-10,14,17H,1H3/t14-/m0/s1. The van der Waals surface area contributed by atoms with E-state index in [4.69, 9.17) is 0 Å². The molecule has 0 aromatic heterocycles. The summed E-state index contributed by atoms with van der Waals surface area (Å²) in [6.07, 6.45) is 0. The number of thioether (sulfide) groups is 1.